The number of hydrogen-bond acceptors (Lipinski definition) is 0. The van der Waals surface area contributed by atoms with E-state index in [4.69, 9.17) is 0 Å². The van der Waals surface area contributed by atoms with E-state index in [-0.39, 0.29) is 0 Å². The number of halogens is 1. The summed E-state index contributed by atoms with van der Waals surface area (Å²) >= 11 is 4.12. The highest BCUT2D eigenvalue weighted by atomic mass is 79.9. The highest BCUT2D eigenvalue weighted by molar-refractivity contribution is 9.09. The molecule has 2 unspecified atom stereocenters. The Kier molecular flexibility index (Phi) is 4.93. The first-order valence-electron chi connectivity index (χ1n) is 8.39. The molecule has 1 heteroatoms. The maximum absolute atomic E-state index is 4.12. The van der Waals surface area contributed by atoms with Gasteiger partial charge in [0.2, 0.25) is 0 Å². The fourth-order valence-corrected chi connectivity index (χ4v) is 5.87. The Hall–Kier alpha value is -0.300. The second kappa shape index (κ2) is 6.07. The zero-order valence-corrected chi connectivity index (χ0v) is 16.4. The molecule has 1 aliphatic carbocycles. The monoisotopic (exact) mass is 350 g/mol. The van der Waals surface area contributed by atoms with Crippen molar-refractivity contribution in [3.63, 3.8) is 0 Å². The average Bonchev–Trinajstić information content (AvgIpc) is 2.42. The summed E-state index contributed by atoms with van der Waals surface area (Å²) in [6.07, 6.45) is 5.50. The lowest BCUT2D eigenvalue weighted by Gasteiger charge is -2.42. The Morgan fingerprint density at radius 1 is 0.857 bits per heavy atom. The standard InChI is InChI=1S/C20H31Br/c1-12-13(2)15(4)18(16(5)14(12)3)19(21)17-10-8-9-11-20(17,6)7/h17,19H,8-11H2,1-7H3. The van der Waals surface area contributed by atoms with Crippen LogP contribution in [0.3, 0.4) is 0 Å². The van der Waals surface area contributed by atoms with Crippen molar-refractivity contribution in [3.8, 4) is 0 Å². The van der Waals surface area contributed by atoms with E-state index < -0.39 is 0 Å². The van der Waals surface area contributed by atoms with Gasteiger partial charge in [0.15, 0.2) is 0 Å². The lowest BCUT2D eigenvalue weighted by atomic mass is 9.66. The van der Waals surface area contributed by atoms with Crippen LogP contribution in [0, 0.1) is 46.0 Å². The Morgan fingerprint density at radius 3 is 1.81 bits per heavy atom. The van der Waals surface area contributed by atoms with Gasteiger partial charge in [0.1, 0.15) is 0 Å². The lowest BCUT2D eigenvalue weighted by Crippen LogP contribution is -2.31. The first-order chi connectivity index (χ1) is 9.68. The maximum Gasteiger partial charge on any atom is 0.0434 e. The molecule has 1 aromatic rings. The van der Waals surface area contributed by atoms with E-state index in [1.165, 1.54) is 53.5 Å². The SMILES string of the molecule is Cc1c(C)c(C)c(C(Br)C2CCCCC2(C)C)c(C)c1C. The number of rotatable bonds is 2. The van der Waals surface area contributed by atoms with Gasteiger partial charge in [0.05, 0.1) is 0 Å². The van der Waals surface area contributed by atoms with E-state index in [1.54, 1.807) is 5.56 Å². The van der Waals surface area contributed by atoms with Crippen LogP contribution in [0.4, 0.5) is 0 Å². The van der Waals surface area contributed by atoms with E-state index in [2.05, 4.69) is 64.4 Å². The molecular formula is C20H31Br. The fraction of sp³-hybridized carbons (Fsp3) is 0.700. The zero-order valence-electron chi connectivity index (χ0n) is 14.9. The molecule has 1 fully saturated rings. The van der Waals surface area contributed by atoms with Crippen molar-refractivity contribution in [2.24, 2.45) is 11.3 Å². The summed E-state index contributed by atoms with van der Waals surface area (Å²) in [5.41, 5.74) is 9.43. The second-order valence-electron chi connectivity index (χ2n) is 7.78. The van der Waals surface area contributed by atoms with Crippen LogP contribution in [0.2, 0.25) is 0 Å². The highest BCUT2D eigenvalue weighted by Crippen LogP contribution is 2.51. The van der Waals surface area contributed by atoms with Crippen molar-refractivity contribution < 1.29 is 0 Å². The molecule has 0 aliphatic heterocycles. The van der Waals surface area contributed by atoms with Crippen molar-refractivity contribution in [3.05, 3.63) is 33.4 Å². The molecule has 1 saturated carbocycles. The van der Waals surface area contributed by atoms with Gasteiger partial charge < -0.3 is 0 Å². The fourth-order valence-electron chi connectivity index (χ4n) is 4.21. The zero-order chi connectivity index (χ0) is 15.9. The molecule has 0 aromatic heterocycles. The molecule has 21 heavy (non-hydrogen) atoms. The molecule has 1 aliphatic rings. The molecule has 0 amide bonds. The molecule has 0 nitrogen and oxygen atoms in total. The third kappa shape index (κ3) is 2.96. The van der Waals surface area contributed by atoms with E-state index in [1.807, 2.05) is 0 Å². The molecule has 0 bridgehead atoms. The van der Waals surface area contributed by atoms with E-state index in [0.29, 0.717) is 10.2 Å². The Labute approximate surface area is 139 Å². The summed E-state index contributed by atoms with van der Waals surface area (Å²) in [6, 6.07) is 0. The minimum atomic E-state index is 0.442. The van der Waals surface area contributed by atoms with Gasteiger partial charge in [0.25, 0.3) is 0 Å². The molecule has 0 saturated heterocycles. The molecule has 0 heterocycles. The van der Waals surface area contributed by atoms with Gasteiger partial charge in [-0.25, -0.2) is 0 Å². The van der Waals surface area contributed by atoms with Crippen LogP contribution in [0.25, 0.3) is 0 Å². The first kappa shape index (κ1) is 17.1. The van der Waals surface area contributed by atoms with Gasteiger partial charge in [0, 0.05) is 4.83 Å². The smallest absolute Gasteiger partial charge is 0.0434 e. The molecule has 1 aromatic carbocycles. The largest absolute Gasteiger partial charge is 0.0835 e. The van der Waals surface area contributed by atoms with Gasteiger partial charge in [-0.1, -0.05) is 42.6 Å². The van der Waals surface area contributed by atoms with Crippen molar-refractivity contribution in [1.29, 1.82) is 0 Å². The molecular weight excluding hydrogens is 320 g/mol. The molecule has 118 valence electrons. The third-order valence-electron chi connectivity index (χ3n) is 6.28. The van der Waals surface area contributed by atoms with Gasteiger partial charge in [-0.15, -0.1) is 0 Å². The van der Waals surface area contributed by atoms with Gasteiger partial charge >= 0.3 is 0 Å². The van der Waals surface area contributed by atoms with Crippen LogP contribution >= 0.6 is 15.9 Å². The van der Waals surface area contributed by atoms with E-state index in [9.17, 15) is 0 Å². The van der Waals surface area contributed by atoms with Crippen molar-refractivity contribution in [1.82, 2.24) is 0 Å². The Morgan fingerprint density at radius 2 is 1.33 bits per heavy atom. The van der Waals surface area contributed by atoms with Crippen molar-refractivity contribution >= 4 is 15.9 Å². The predicted octanol–water partition coefficient (Wildman–Crippen LogP) is 6.88. The molecule has 2 rings (SSSR count). The minimum Gasteiger partial charge on any atom is -0.0835 e. The lowest BCUT2D eigenvalue weighted by molar-refractivity contribution is 0.136. The topological polar surface area (TPSA) is 0 Å². The quantitative estimate of drug-likeness (QED) is 0.509. The van der Waals surface area contributed by atoms with Crippen LogP contribution in [0.1, 0.15) is 77.7 Å². The summed E-state index contributed by atoms with van der Waals surface area (Å²) in [7, 11) is 0. The predicted molar refractivity (Wildman–Crippen MR) is 97.5 cm³/mol. The highest BCUT2D eigenvalue weighted by Gasteiger charge is 2.38. The average molecular weight is 351 g/mol. The Bertz CT molecular complexity index is 510. The molecule has 0 spiro atoms. The first-order valence-corrected chi connectivity index (χ1v) is 9.31. The van der Waals surface area contributed by atoms with Gasteiger partial charge in [-0.05, 0) is 92.2 Å². The molecule has 0 N–H and O–H groups in total. The Balaban J connectivity index is 2.51. The van der Waals surface area contributed by atoms with Crippen LogP contribution < -0.4 is 0 Å². The molecule has 0 radical (unpaired) electrons. The summed E-state index contributed by atoms with van der Waals surface area (Å²) in [5, 5.41) is 0. The van der Waals surface area contributed by atoms with Crippen LogP contribution in [-0.4, -0.2) is 0 Å². The third-order valence-corrected chi connectivity index (χ3v) is 7.37. The van der Waals surface area contributed by atoms with E-state index in [0.717, 1.165) is 5.92 Å². The van der Waals surface area contributed by atoms with Crippen molar-refractivity contribution in [2.45, 2.75) is 79.0 Å². The van der Waals surface area contributed by atoms with Crippen LogP contribution in [0.5, 0.6) is 0 Å². The molecule has 2 atom stereocenters. The second-order valence-corrected chi connectivity index (χ2v) is 8.77. The number of alkyl halides is 1. The van der Waals surface area contributed by atoms with Gasteiger partial charge in [-0.2, -0.15) is 0 Å². The number of benzene rings is 1. The summed E-state index contributed by atoms with van der Waals surface area (Å²) in [5.74, 6) is 0.741. The summed E-state index contributed by atoms with van der Waals surface area (Å²) in [4.78, 5) is 0.491. The van der Waals surface area contributed by atoms with Crippen LogP contribution in [-0.2, 0) is 0 Å². The minimum absolute atomic E-state index is 0.442. The maximum atomic E-state index is 4.12. The van der Waals surface area contributed by atoms with Gasteiger partial charge in [-0.3, -0.25) is 0 Å². The number of hydrogen-bond donors (Lipinski definition) is 0. The normalized spacial score (nSPS) is 23.1. The van der Waals surface area contributed by atoms with E-state index >= 15 is 0 Å². The van der Waals surface area contributed by atoms with Crippen LogP contribution in [0.15, 0.2) is 0 Å². The summed E-state index contributed by atoms with van der Waals surface area (Å²) in [6.45, 7) is 16.4. The van der Waals surface area contributed by atoms with Crippen molar-refractivity contribution in [2.75, 3.05) is 0 Å². The summed E-state index contributed by atoms with van der Waals surface area (Å²) < 4.78 is 0.